The molecule has 8 heteroatoms. The van der Waals surface area contributed by atoms with Gasteiger partial charge in [0, 0.05) is 13.1 Å². The average Bonchev–Trinajstić information content (AvgIpc) is 3.03. The summed E-state index contributed by atoms with van der Waals surface area (Å²) in [4.78, 5) is 0. The smallest absolute Gasteiger partial charge is 0.149 e. The Bertz CT molecular complexity index is 1090. The zero-order valence-electron chi connectivity index (χ0n) is 24.7. The Morgan fingerprint density at radius 2 is 0.857 bits per heavy atom. The van der Waals surface area contributed by atoms with E-state index < -0.39 is 18.5 Å². The second-order valence-corrected chi connectivity index (χ2v) is 10.7. The molecule has 0 saturated heterocycles. The highest BCUT2D eigenvalue weighted by molar-refractivity contribution is 5.34. The van der Waals surface area contributed by atoms with E-state index in [1.165, 1.54) is 0 Å². The summed E-state index contributed by atoms with van der Waals surface area (Å²) in [5, 5.41) is 6.09. The van der Waals surface area contributed by atoms with Crippen molar-refractivity contribution in [3.63, 3.8) is 0 Å². The van der Waals surface area contributed by atoms with Gasteiger partial charge in [-0.2, -0.15) is 0 Å². The van der Waals surface area contributed by atoms with E-state index >= 15 is 0 Å². The quantitative estimate of drug-likeness (QED) is 0.314. The van der Waals surface area contributed by atoms with Crippen LogP contribution in [0.1, 0.15) is 90.0 Å². The van der Waals surface area contributed by atoms with Gasteiger partial charge < -0.3 is 24.8 Å². The molecule has 5 nitrogen and oxygen atoms in total. The highest BCUT2D eigenvalue weighted by atomic mass is 19.1. The van der Waals surface area contributed by atoms with Gasteiger partial charge in [0.1, 0.15) is 18.5 Å². The van der Waals surface area contributed by atoms with Crippen molar-refractivity contribution < 1.29 is 27.4 Å². The highest BCUT2D eigenvalue weighted by Gasteiger charge is 2.28. The van der Waals surface area contributed by atoms with Crippen molar-refractivity contribution in [3.05, 3.63) is 106 Å². The van der Waals surface area contributed by atoms with Gasteiger partial charge in [-0.05, 0) is 53.9 Å². The van der Waals surface area contributed by atoms with Gasteiger partial charge in [-0.3, -0.25) is 0 Å². The maximum atomic E-state index is 13.5. The van der Waals surface area contributed by atoms with Crippen LogP contribution in [0.25, 0.3) is 0 Å². The first-order valence-corrected chi connectivity index (χ1v) is 14.8. The minimum Gasteiger partial charge on any atom is -0.370 e. The number of benzene rings is 3. The molecule has 2 N–H and O–H groups in total. The molecule has 0 radical (unpaired) electrons. The SMILES string of the molecule is CCCC1OCC(F)c2ccccc21.CNC[C@@H]1OC[C@H](F)c2ccccc21.CNC[C@H]1OC[C@@H](F)c2ccccc21. The van der Waals surface area contributed by atoms with Crippen LogP contribution in [0.4, 0.5) is 13.2 Å². The molecular formula is C34H43F3N2O3. The van der Waals surface area contributed by atoms with Crippen LogP contribution in [0.2, 0.25) is 0 Å². The summed E-state index contributed by atoms with van der Waals surface area (Å²) in [6, 6.07) is 22.8. The van der Waals surface area contributed by atoms with Gasteiger partial charge in [0.15, 0.2) is 0 Å². The first kappa shape index (κ1) is 32.2. The second kappa shape index (κ2) is 16.2. The molecule has 6 rings (SSSR count). The van der Waals surface area contributed by atoms with Crippen molar-refractivity contribution in [3.8, 4) is 0 Å². The Kier molecular flexibility index (Phi) is 12.4. The van der Waals surface area contributed by atoms with Gasteiger partial charge >= 0.3 is 0 Å². The average molecular weight is 585 g/mol. The van der Waals surface area contributed by atoms with Gasteiger partial charge in [0.05, 0.1) is 38.1 Å². The van der Waals surface area contributed by atoms with E-state index in [-0.39, 0.29) is 38.1 Å². The van der Waals surface area contributed by atoms with Gasteiger partial charge in [-0.1, -0.05) is 86.1 Å². The molecule has 3 aromatic rings. The predicted octanol–water partition coefficient (Wildman–Crippen LogP) is 7.54. The zero-order valence-corrected chi connectivity index (χ0v) is 24.7. The van der Waals surface area contributed by atoms with Crippen molar-refractivity contribution in [1.29, 1.82) is 0 Å². The normalized spacial score (nSPS) is 25.9. The molecule has 228 valence electrons. The third-order valence-corrected chi connectivity index (χ3v) is 7.70. The fraction of sp³-hybridized carbons (Fsp3) is 0.471. The zero-order chi connectivity index (χ0) is 29.9. The van der Waals surface area contributed by atoms with Crippen LogP contribution in [-0.2, 0) is 14.2 Å². The Morgan fingerprint density at radius 3 is 1.19 bits per heavy atom. The third-order valence-electron chi connectivity index (χ3n) is 7.70. The van der Waals surface area contributed by atoms with E-state index in [4.69, 9.17) is 14.2 Å². The van der Waals surface area contributed by atoms with E-state index in [2.05, 4.69) is 17.6 Å². The lowest BCUT2D eigenvalue weighted by atomic mass is 9.94. The van der Waals surface area contributed by atoms with Crippen molar-refractivity contribution in [1.82, 2.24) is 10.6 Å². The first-order valence-electron chi connectivity index (χ1n) is 14.8. The number of likely N-dealkylation sites (N-methyl/N-ethyl adjacent to an activating group) is 2. The number of nitrogens with one attached hydrogen (secondary N) is 2. The fourth-order valence-electron chi connectivity index (χ4n) is 5.62. The van der Waals surface area contributed by atoms with E-state index in [0.717, 1.165) is 59.3 Å². The summed E-state index contributed by atoms with van der Waals surface area (Å²) >= 11 is 0. The summed E-state index contributed by atoms with van der Waals surface area (Å²) in [5.74, 6) is 0. The van der Waals surface area contributed by atoms with Crippen LogP contribution in [-0.4, -0.2) is 47.0 Å². The Hall–Kier alpha value is -2.75. The molecule has 42 heavy (non-hydrogen) atoms. The summed E-state index contributed by atoms with van der Waals surface area (Å²) in [6.45, 7) is 4.12. The summed E-state index contributed by atoms with van der Waals surface area (Å²) in [6.07, 6.45) is -0.771. The molecular weight excluding hydrogens is 541 g/mol. The Balaban J connectivity index is 0.000000145. The number of ether oxygens (including phenoxy) is 3. The molecule has 0 spiro atoms. The summed E-state index contributed by atoms with van der Waals surface area (Å²) < 4.78 is 56.7. The number of fused-ring (bicyclic) bond motifs is 3. The summed E-state index contributed by atoms with van der Waals surface area (Å²) in [7, 11) is 3.74. The van der Waals surface area contributed by atoms with Crippen LogP contribution in [0, 0.1) is 0 Å². The fourth-order valence-corrected chi connectivity index (χ4v) is 5.62. The van der Waals surface area contributed by atoms with Crippen LogP contribution in [0.15, 0.2) is 72.8 Å². The van der Waals surface area contributed by atoms with Gasteiger partial charge in [0.25, 0.3) is 0 Å². The topological polar surface area (TPSA) is 51.8 Å². The molecule has 3 aliphatic rings. The molecule has 0 fully saturated rings. The lowest BCUT2D eigenvalue weighted by Gasteiger charge is -2.28. The van der Waals surface area contributed by atoms with Gasteiger partial charge in [-0.15, -0.1) is 0 Å². The molecule has 3 heterocycles. The number of alkyl halides is 3. The number of rotatable bonds is 6. The molecule has 2 unspecified atom stereocenters. The maximum Gasteiger partial charge on any atom is 0.149 e. The molecule has 6 atom stereocenters. The lowest BCUT2D eigenvalue weighted by Crippen LogP contribution is -2.26. The minimum absolute atomic E-state index is 0.0109. The number of halogens is 3. The van der Waals surface area contributed by atoms with Crippen LogP contribution < -0.4 is 10.6 Å². The minimum atomic E-state index is -0.973. The molecule has 3 aliphatic heterocycles. The first-order chi connectivity index (χ1) is 20.5. The van der Waals surface area contributed by atoms with E-state index in [0.29, 0.717) is 0 Å². The molecule has 0 aliphatic carbocycles. The maximum absolute atomic E-state index is 13.5. The van der Waals surface area contributed by atoms with E-state index in [1.54, 1.807) is 0 Å². The van der Waals surface area contributed by atoms with Crippen LogP contribution in [0.3, 0.4) is 0 Å². The van der Waals surface area contributed by atoms with Crippen molar-refractivity contribution in [2.75, 3.05) is 47.0 Å². The van der Waals surface area contributed by atoms with Crippen LogP contribution >= 0.6 is 0 Å². The van der Waals surface area contributed by atoms with Crippen molar-refractivity contribution >= 4 is 0 Å². The molecule has 0 aromatic heterocycles. The Labute approximate surface area is 247 Å². The molecule has 3 aromatic carbocycles. The lowest BCUT2D eigenvalue weighted by molar-refractivity contribution is -0.00563. The van der Waals surface area contributed by atoms with Gasteiger partial charge in [0.2, 0.25) is 0 Å². The second-order valence-electron chi connectivity index (χ2n) is 10.7. The van der Waals surface area contributed by atoms with E-state index in [9.17, 15) is 13.2 Å². The summed E-state index contributed by atoms with van der Waals surface area (Å²) in [5.41, 5.74) is 5.35. The van der Waals surface area contributed by atoms with Crippen molar-refractivity contribution in [2.45, 2.75) is 56.6 Å². The monoisotopic (exact) mass is 584 g/mol. The van der Waals surface area contributed by atoms with Gasteiger partial charge in [-0.25, -0.2) is 13.2 Å². The van der Waals surface area contributed by atoms with Crippen LogP contribution in [0.5, 0.6) is 0 Å². The highest BCUT2D eigenvalue weighted by Crippen LogP contribution is 2.37. The number of hydrogen-bond acceptors (Lipinski definition) is 5. The van der Waals surface area contributed by atoms with Crippen molar-refractivity contribution in [2.24, 2.45) is 0 Å². The third kappa shape index (κ3) is 7.99. The molecule has 0 saturated carbocycles. The standard InChI is InChI=1S/C12H15FO.2C11H14FNO/c1-2-5-12-10-7-4-3-6-9(10)11(13)8-14-12;2*1-13-6-11-9-5-3-2-4-8(9)10(12)7-14-11/h3-4,6-7,11-12H,2,5,8H2,1H3;2*2-5,10-11,13H,6-7H2,1H3/t;2*10-,11-/m.10/s1. The molecule has 0 amide bonds. The largest absolute Gasteiger partial charge is 0.370 e. The molecule has 0 bridgehead atoms. The number of hydrogen-bond donors (Lipinski definition) is 2. The Morgan fingerprint density at radius 1 is 0.548 bits per heavy atom. The predicted molar refractivity (Wildman–Crippen MR) is 160 cm³/mol. The van der Waals surface area contributed by atoms with E-state index in [1.807, 2.05) is 86.9 Å².